The second-order valence-electron chi connectivity index (χ2n) is 19.0. The third-order valence-corrected chi connectivity index (χ3v) is 13.6. The number of piperidine rings is 1. The van der Waals surface area contributed by atoms with Gasteiger partial charge >= 0.3 is 12.1 Å². The molecule has 6 atom stereocenters. The van der Waals surface area contributed by atoms with Gasteiger partial charge in [0.25, 0.3) is 5.91 Å². The predicted octanol–water partition coefficient (Wildman–Crippen LogP) is 6.34. The summed E-state index contributed by atoms with van der Waals surface area (Å²) in [7, 11) is 1.94. The molecule has 1 aliphatic rings. The molecule has 0 bridgehead atoms. The molecule has 0 saturated carbocycles. The molecule has 1 aromatic heterocycles. The summed E-state index contributed by atoms with van der Waals surface area (Å²) in [5.41, 5.74) is 4.91. The average Bonchev–Trinajstić information content (AvgIpc) is 3.79. The molecule has 17 nitrogen and oxygen atoms in total. The molecule has 0 radical (unpaired) electrons. The van der Waals surface area contributed by atoms with Crippen LogP contribution >= 0.6 is 11.3 Å². The number of benzene rings is 1. The van der Waals surface area contributed by atoms with Crippen molar-refractivity contribution in [3.8, 4) is 0 Å². The molecule has 384 valence electrons. The highest BCUT2D eigenvalue weighted by Crippen LogP contribution is 2.33. The van der Waals surface area contributed by atoms with Gasteiger partial charge < -0.3 is 51.0 Å². The Morgan fingerprint density at radius 1 is 1.03 bits per heavy atom. The van der Waals surface area contributed by atoms with E-state index in [0.29, 0.717) is 30.0 Å². The second kappa shape index (κ2) is 29.6. The number of likely N-dealkylation sites (N-methyl/N-ethyl adjacent to an activating group) is 1. The van der Waals surface area contributed by atoms with Crippen LogP contribution in [0, 0.1) is 23.1 Å². The van der Waals surface area contributed by atoms with Crippen molar-refractivity contribution in [2.75, 3.05) is 65.5 Å². The first-order valence-electron chi connectivity index (χ1n) is 24.4. The maximum Gasteiger partial charge on any atom is 0.407 e. The number of nitrogens with one attached hydrogen (secondary N) is 3. The van der Waals surface area contributed by atoms with Gasteiger partial charge in [-0.15, -0.1) is 11.3 Å². The molecule has 0 aliphatic carbocycles. The number of anilines is 1. The van der Waals surface area contributed by atoms with Gasteiger partial charge in [0.05, 0.1) is 50.2 Å². The Hall–Kier alpha value is -4.43. The largest absolute Gasteiger partial charge is 0.481 e. The quantitative estimate of drug-likeness (QED) is 0.0358. The number of carboxylic acid groups (broad SMARTS) is 1. The van der Waals surface area contributed by atoms with Crippen molar-refractivity contribution in [3.05, 3.63) is 45.7 Å². The van der Waals surface area contributed by atoms with Gasteiger partial charge in [-0.3, -0.25) is 24.1 Å². The maximum atomic E-state index is 15.1. The Bertz CT molecular complexity index is 1890. The van der Waals surface area contributed by atoms with E-state index in [-0.39, 0.29) is 99.9 Å². The predicted molar refractivity (Wildman–Crippen MR) is 261 cm³/mol. The van der Waals surface area contributed by atoms with E-state index in [1.165, 1.54) is 17.5 Å². The van der Waals surface area contributed by atoms with E-state index in [9.17, 15) is 28.7 Å². The number of halogens is 1. The van der Waals surface area contributed by atoms with E-state index in [2.05, 4.69) is 22.9 Å². The van der Waals surface area contributed by atoms with E-state index < -0.39 is 53.4 Å². The SMILES string of the molecule is CCCCCCN(C(=O)C(NC(=O)[C@H]1CCCCN1C)C(C)CC)C(CC(OC(=O)NCCOCCOCCO)c1nc(C(=O)NC(Cc2ccc(N)c(F)c2)CC(C)(C)C(=O)O)cs1)C(C)C. The molecule has 5 unspecified atom stereocenters. The van der Waals surface area contributed by atoms with Crippen LogP contribution in [-0.4, -0.2) is 139 Å². The van der Waals surface area contributed by atoms with Crippen LogP contribution in [-0.2, 0) is 35.0 Å². The molecule has 19 heteroatoms. The molecule has 2 heterocycles. The summed E-state index contributed by atoms with van der Waals surface area (Å²) < 4.78 is 31.4. The number of rotatable bonds is 31. The Balaban J connectivity index is 2.00. The summed E-state index contributed by atoms with van der Waals surface area (Å²) in [6, 6.07) is 1.90. The van der Waals surface area contributed by atoms with Crippen LogP contribution < -0.4 is 21.7 Å². The van der Waals surface area contributed by atoms with Crippen LogP contribution in [0.25, 0.3) is 0 Å². The number of aromatic nitrogens is 1. The number of hydrogen-bond donors (Lipinski definition) is 6. The first-order chi connectivity index (χ1) is 32.3. The van der Waals surface area contributed by atoms with E-state index in [4.69, 9.17) is 30.0 Å². The molecular weight excluding hydrogens is 898 g/mol. The maximum absolute atomic E-state index is 15.1. The molecule has 68 heavy (non-hydrogen) atoms. The fraction of sp³-hybridized carbons (Fsp3) is 0.714. The Labute approximate surface area is 406 Å². The minimum absolute atomic E-state index is 0.00161. The van der Waals surface area contributed by atoms with Crippen molar-refractivity contribution in [2.24, 2.45) is 17.3 Å². The number of nitrogens with zero attached hydrogens (tertiary/aromatic N) is 3. The number of alkyl carbamates (subject to hydrolysis) is 1. The molecule has 7 N–H and O–H groups in total. The third kappa shape index (κ3) is 18.8. The lowest BCUT2D eigenvalue weighted by atomic mass is 9.84. The van der Waals surface area contributed by atoms with Crippen LogP contribution in [0.4, 0.5) is 14.9 Å². The van der Waals surface area contributed by atoms with E-state index >= 15 is 4.79 Å². The molecular formula is C49H80FN7O10S. The van der Waals surface area contributed by atoms with Gasteiger partial charge in [-0.1, -0.05) is 72.8 Å². The number of thiazole rings is 1. The monoisotopic (exact) mass is 978 g/mol. The van der Waals surface area contributed by atoms with E-state index in [1.54, 1.807) is 19.9 Å². The number of ether oxygens (including phenoxy) is 3. The summed E-state index contributed by atoms with van der Waals surface area (Å²) in [6.45, 7) is 15.2. The van der Waals surface area contributed by atoms with Crippen LogP contribution in [0.1, 0.15) is 140 Å². The lowest BCUT2D eigenvalue weighted by Crippen LogP contribution is -2.59. The van der Waals surface area contributed by atoms with Crippen molar-refractivity contribution in [1.82, 2.24) is 30.7 Å². The zero-order valence-electron chi connectivity index (χ0n) is 41.7. The molecule has 2 aromatic rings. The molecule has 4 amide bonds. The number of aliphatic hydroxyl groups excluding tert-OH is 1. The van der Waals surface area contributed by atoms with E-state index in [1.807, 2.05) is 44.5 Å². The van der Waals surface area contributed by atoms with Crippen LogP contribution in [0.15, 0.2) is 23.6 Å². The molecule has 3 rings (SSSR count). The van der Waals surface area contributed by atoms with Gasteiger partial charge in [-0.25, -0.2) is 14.2 Å². The number of likely N-dealkylation sites (tertiary alicyclic amines) is 1. The lowest BCUT2D eigenvalue weighted by molar-refractivity contribution is -0.147. The van der Waals surface area contributed by atoms with Crippen molar-refractivity contribution >= 4 is 46.8 Å². The van der Waals surface area contributed by atoms with Crippen molar-refractivity contribution in [1.29, 1.82) is 0 Å². The Morgan fingerprint density at radius 2 is 1.75 bits per heavy atom. The standard InChI is InChI=1S/C49H80FN7O10S/c1-9-11-12-14-21-57(46(61)42(33(5)10-2)55-44(60)39-16-13-15-20-56(39)8)40(32(3)4)29-41(67-48(64)52-19-23-65-25-26-66-24-22-58)45-54-38(31-68-45)43(59)53-35(30-49(6,7)47(62)63)27-34-17-18-37(51)36(50)28-34/h17-18,28,31-33,35,39-42,58H,9-16,19-27,29-30,51H2,1-8H3,(H,52,64)(H,53,59)(H,55,60)(H,62,63)/t33?,35?,39-,40?,41?,42?/m1/s1. The number of carbonyl (C=O) groups is 5. The first-order valence-corrected chi connectivity index (χ1v) is 25.3. The fourth-order valence-corrected chi connectivity index (χ4v) is 9.12. The topological polar surface area (TPSA) is 235 Å². The Morgan fingerprint density at radius 3 is 2.38 bits per heavy atom. The zero-order chi connectivity index (χ0) is 50.4. The van der Waals surface area contributed by atoms with Gasteiger partial charge in [-0.2, -0.15) is 0 Å². The number of unbranched alkanes of at least 4 members (excludes halogenated alkanes) is 3. The highest BCUT2D eigenvalue weighted by atomic mass is 32.1. The minimum Gasteiger partial charge on any atom is -0.481 e. The first kappa shape index (κ1) is 57.9. The highest BCUT2D eigenvalue weighted by molar-refractivity contribution is 7.09. The van der Waals surface area contributed by atoms with Crippen molar-refractivity contribution in [2.45, 2.75) is 149 Å². The number of nitrogen functional groups attached to an aromatic ring is 1. The van der Waals surface area contributed by atoms with Gasteiger partial charge in [0.15, 0.2) is 6.10 Å². The summed E-state index contributed by atoms with van der Waals surface area (Å²) in [4.78, 5) is 77.3. The summed E-state index contributed by atoms with van der Waals surface area (Å²) in [5.74, 6) is -3.02. The molecule has 1 saturated heterocycles. The van der Waals surface area contributed by atoms with E-state index in [0.717, 1.165) is 56.4 Å². The molecule has 1 aromatic carbocycles. The molecule has 1 fully saturated rings. The number of amides is 4. The number of aliphatic hydroxyl groups is 1. The molecule has 1 aliphatic heterocycles. The van der Waals surface area contributed by atoms with Crippen LogP contribution in [0.3, 0.4) is 0 Å². The van der Waals surface area contributed by atoms with Crippen LogP contribution in [0.2, 0.25) is 0 Å². The Kier molecular flexibility index (Phi) is 25.2. The lowest BCUT2D eigenvalue weighted by Gasteiger charge is -2.40. The average molecular weight is 978 g/mol. The van der Waals surface area contributed by atoms with Crippen LogP contribution in [0.5, 0.6) is 0 Å². The highest BCUT2D eigenvalue weighted by Gasteiger charge is 2.39. The summed E-state index contributed by atoms with van der Waals surface area (Å²) >= 11 is 1.10. The summed E-state index contributed by atoms with van der Waals surface area (Å²) in [6.07, 6.45) is 5.30. The minimum atomic E-state index is -1.25. The normalized spacial score (nSPS) is 16.6. The molecule has 0 spiro atoms. The smallest absolute Gasteiger partial charge is 0.407 e. The van der Waals surface area contributed by atoms with Gasteiger partial charge in [0, 0.05) is 37.0 Å². The number of aliphatic carboxylic acids is 1. The van der Waals surface area contributed by atoms with Crippen molar-refractivity contribution in [3.63, 3.8) is 0 Å². The number of carboxylic acids is 1. The van der Waals surface area contributed by atoms with Gasteiger partial charge in [-0.05, 0) is 89.1 Å². The van der Waals surface area contributed by atoms with Gasteiger partial charge in [0.1, 0.15) is 22.6 Å². The second-order valence-corrected chi connectivity index (χ2v) is 19.9. The number of nitrogens with two attached hydrogens (primary N) is 1. The third-order valence-electron chi connectivity index (χ3n) is 12.6. The zero-order valence-corrected chi connectivity index (χ0v) is 42.5. The fourth-order valence-electron chi connectivity index (χ4n) is 8.29. The number of carbonyl (C=O) groups excluding carboxylic acids is 4. The number of hydrogen-bond acceptors (Lipinski definition) is 13. The van der Waals surface area contributed by atoms with Gasteiger partial charge in [0.2, 0.25) is 11.8 Å². The summed E-state index contributed by atoms with van der Waals surface area (Å²) in [5, 5.41) is 29.5. The van der Waals surface area contributed by atoms with Crippen molar-refractivity contribution < 1.29 is 52.8 Å².